The number of hydrogen-bond donors (Lipinski definition) is 2. The van der Waals surface area contributed by atoms with Crippen molar-refractivity contribution in [2.24, 2.45) is 5.11 Å². The van der Waals surface area contributed by atoms with E-state index in [9.17, 15) is 9.90 Å². The van der Waals surface area contributed by atoms with E-state index >= 15 is 0 Å². The molecule has 0 amide bonds. The van der Waals surface area contributed by atoms with Gasteiger partial charge in [0, 0.05) is 39.9 Å². The Hall–Kier alpha value is -4.07. The number of para-hydroxylation sites is 1. The molecule has 4 aromatic rings. The Balaban J connectivity index is 1.65. The first-order valence-corrected chi connectivity index (χ1v) is 11.9. The third-order valence-electron chi connectivity index (χ3n) is 7.03. The van der Waals surface area contributed by atoms with E-state index in [4.69, 9.17) is 15.3 Å². The van der Waals surface area contributed by atoms with Crippen LogP contribution in [0.1, 0.15) is 48.2 Å². The fourth-order valence-electron chi connectivity index (χ4n) is 5.00. The van der Waals surface area contributed by atoms with Gasteiger partial charge >= 0.3 is 5.97 Å². The predicted octanol–water partition coefficient (Wildman–Crippen LogP) is 4.74. The molecule has 9 nitrogen and oxygen atoms in total. The number of aromatic amines is 1. The fourth-order valence-corrected chi connectivity index (χ4v) is 5.00. The molecule has 2 aromatic carbocycles. The van der Waals surface area contributed by atoms with Gasteiger partial charge in [-0.05, 0) is 22.7 Å². The lowest BCUT2D eigenvalue weighted by molar-refractivity contribution is -0.148. The number of aliphatic hydroxyl groups is 1. The van der Waals surface area contributed by atoms with Gasteiger partial charge < -0.3 is 19.4 Å². The van der Waals surface area contributed by atoms with Crippen molar-refractivity contribution < 1.29 is 14.6 Å². The van der Waals surface area contributed by atoms with Gasteiger partial charge in [-0.2, -0.15) is 0 Å². The Labute approximate surface area is 208 Å². The number of cyclic esters (lactones) is 1. The molecule has 36 heavy (non-hydrogen) atoms. The smallest absolute Gasteiger partial charge is 0.311 e. The number of carbonyl (C=O) groups excluding carboxylic acids is 1. The highest BCUT2D eigenvalue weighted by Gasteiger charge is 2.39. The summed E-state index contributed by atoms with van der Waals surface area (Å²) in [6, 6.07) is 17.6. The van der Waals surface area contributed by atoms with Crippen molar-refractivity contribution in [1.29, 1.82) is 0 Å². The number of imidazole rings is 1. The molecule has 1 aliphatic rings. The predicted molar refractivity (Wildman–Crippen MR) is 135 cm³/mol. The van der Waals surface area contributed by atoms with Crippen LogP contribution in [0.3, 0.4) is 0 Å². The van der Waals surface area contributed by atoms with E-state index < -0.39 is 23.6 Å². The van der Waals surface area contributed by atoms with E-state index in [2.05, 4.69) is 15.0 Å². The number of azide groups is 1. The molecule has 3 heterocycles. The van der Waals surface area contributed by atoms with Crippen molar-refractivity contribution in [1.82, 2.24) is 14.5 Å². The van der Waals surface area contributed by atoms with Crippen LogP contribution < -0.4 is 0 Å². The number of rotatable bonds is 4. The van der Waals surface area contributed by atoms with Crippen molar-refractivity contribution in [3.8, 4) is 0 Å². The Morgan fingerprint density at radius 3 is 2.75 bits per heavy atom. The van der Waals surface area contributed by atoms with Gasteiger partial charge in [-0.1, -0.05) is 67.5 Å². The Bertz CT molecular complexity index is 1450. The van der Waals surface area contributed by atoms with Crippen LogP contribution >= 0.6 is 0 Å². The number of H-pyrrole nitrogens is 1. The molecule has 2 N–H and O–H groups in total. The van der Waals surface area contributed by atoms with Gasteiger partial charge in [0.1, 0.15) is 6.10 Å². The summed E-state index contributed by atoms with van der Waals surface area (Å²) in [5.74, 6) is -0.438. The second-order valence-electron chi connectivity index (χ2n) is 9.73. The van der Waals surface area contributed by atoms with E-state index in [1.165, 1.54) is 0 Å². The van der Waals surface area contributed by atoms with Crippen LogP contribution in [0.25, 0.3) is 21.3 Å². The average molecular weight is 485 g/mol. The highest BCUT2D eigenvalue weighted by Crippen LogP contribution is 2.37. The summed E-state index contributed by atoms with van der Waals surface area (Å²) < 4.78 is 7.90. The number of benzene rings is 2. The lowest BCUT2D eigenvalue weighted by Crippen LogP contribution is -2.37. The number of aliphatic hydroxyl groups excluding tert-OH is 1. The molecule has 2 atom stereocenters. The zero-order valence-electron chi connectivity index (χ0n) is 20.3. The number of nitrogens with zero attached hydrogens (tertiary/aromatic N) is 5. The zero-order chi connectivity index (χ0) is 25.3. The van der Waals surface area contributed by atoms with Crippen LogP contribution in [0.15, 0.2) is 66.0 Å². The molecule has 9 heteroatoms. The molecule has 0 radical (unpaired) electrons. The molecule has 184 valence electrons. The zero-order valence-corrected chi connectivity index (χ0v) is 20.3. The van der Waals surface area contributed by atoms with Crippen LogP contribution in [-0.2, 0) is 34.3 Å². The molecule has 0 bridgehead atoms. The van der Waals surface area contributed by atoms with E-state index in [-0.39, 0.29) is 13.0 Å². The topological polar surface area (TPSA) is 129 Å². The van der Waals surface area contributed by atoms with Crippen molar-refractivity contribution >= 4 is 16.9 Å². The second kappa shape index (κ2) is 9.53. The summed E-state index contributed by atoms with van der Waals surface area (Å²) in [5.41, 5.74) is 13.0. The lowest BCUT2D eigenvalue weighted by atomic mass is 9.79. The fraction of sp³-hybridized carbons (Fsp3) is 0.333. The van der Waals surface area contributed by atoms with Gasteiger partial charge in [-0.3, -0.25) is 4.79 Å². The van der Waals surface area contributed by atoms with Crippen LogP contribution in [0.4, 0.5) is 0 Å². The summed E-state index contributed by atoms with van der Waals surface area (Å²) in [6.07, 6.45) is 0.380. The number of aromatic nitrogens is 3. The maximum Gasteiger partial charge on any atom is 0.311 e. The van der Waals surface area contributed by atoms with Gasteiger partial charge in [0.05, 0.1) is 36.8 Å². The molecule has 5 rings (SSSR count). The largest absolute Gasteiger partial charge is 0.455 e. The van der Waals surface area contributed by atoms with Crippen LogP contribution in [0.5, 0.6) is 0 Å². The summed E-state index contributed by atoms with van der Waals surface area (Å²) in [5, 5.41) is 16.2. The normalized spacial score (nSPS) is 19.5. The Kier molecular flexibility index (Phi) is 6.26. The molecule has 0 saturated carbocycles. The second-order valence-corrected chi connectivity index (χ2v) is 9.73. The minimum absolute atomic E-state index is 0.0292. The van der Waals surface area contributed by atoms with E-state index in [0.29, 0.717) is 24.4 Å². The Morgan fingerprint density at radius 2 is 1.97 bits per heavy atom. The van der Waals surface area contributed by atoms with Gasteiger partial charge in [-0.25, -0.2) is 4.98 Å². The van der Waals surface area contributed by atoms with Gasteiger partial charge in [-0.15, -0.1) is 0 Å². The first kappa shape index (κ1) is 23.7. The molecular weight excluding hydrogens is 456 g/mol. The van der Waals surface area contributed by atoms with E-state index in [0.717, 1.165) is 27.7 Å². The highest BCUT2D eigenvalue weighted by atomic mass is 16.5. The van der Waals surface area contributed by atoms with Crippen LogP contribution in [0, 0.1) is 0 Å². The third-order valence-corrected chi connectivity index (χ3v) is 7.03. The molecule has 0 saturated heterocycles. The SMILES string of the molecule is CC1(C)c2ncn(Cc3ccccc3)c2C(CN=[N+]=[N-])OC(=O)Cc2c([nH]c3ccccc23)C[C@@H]1O. The minimum Gasteiger partial charge on any atom is -0.455 e. The number of carbonyl (C=O) groups is 1. The molecular formula is C27H28N6O3. The summed E-state index contributed by atoms with van der Waals surface area (Å²) in [6.45, 7) is 4.28. The van der Waals surface area contributed by atoms with E-state index in [1.54, 1.807) is 6.33 Å². The van der Waals surface area contributed by atoms with Gasteiger partial charge in [0.25, 0.3) is 0 Å². The average Bonchev–Trinajstić information content (AvgIpc) is 3.43. The first-order valence-electron chi connectivity index (χ1n) is 11.9. The van der Waals surface area contributed by atoms with Crippen molar-refractivity contribution in [2.45, 2.75) is 50.9 Å². The summed E-state index contributed by atoms with van der Waals surface area (Å²) >= 11 is 0. The van der Waals surface area contributed by atoms with Crippen LogP contribution in [0.2, 0.25) is 0 Å². The first-order chi connectivity index (χ1) is 17.4. The molecule has 2 aromatic heterocycles. The maximum atomic E-state index is 13.3. The number of hydrogen-bond acceptors (Lipinski definition) is 5. The quantitative estimate of drug-likeness (QED) is 0.187. The lowest BCUT2D eigenvalue weighted by Gasteiger charge is -2.31. The highest BCUT2D eigenvalue weighted by molar-refractivity contribution is 5.88. The third kappa shape index (κ3) is 4.34. The van der Waals surface area contributed by atoms with E-state index in [1.807, 2.05) is 73.0 Å². The minimum atomic E-state index is -0.854. The number of fused-ring (bicyclic) bond motifs is 4. The van der Waals surface area contributed by atoms with Crippen LogP contribution in [-0.4, -0.2) is 38.3 Å². The van der Waals surface area contributed by atoms with Crippen molar-refractivity contribution in [3.05, 3.63) is 99.6 Å². The number of nitrogens with one attached hydrogen (secondary N) is 1. The van der Waals surface area contributed by atoms with Crippen molar-refractivity contribution in [3.63, 3.8) is 0 Å². The van der Waals surface area contributed by atoms with Gasteiger partial charge in [0.2, 0.25) is 0 Å². The molecule has 0 spiro atoms. The van der Waals surface area contributed by atoms with Gasteiger partial charge in [0.15, 0.2) is 0 Å². The molecule has 0 fully saturated rings. The van der Waals surface area contributed by atoms with Crippen molar-refractivity contribution in [2.75, 3.05) is 6.54 Å². The Morgan fingerprint density at radius 1 is 1.22 bits per heavy atom. The summed E-state index contributed by atoms with van der Waals surface area (Å²) in [4.78, 5) is 24.3. The maximum absolute atomic E-state index is 13.3. The molecule has 1 aliphatic heterocycles. The standard InChI is InChI=1S/C27H28N6O3/c1-27(2)23(34)13-21-19(18-10-6-7-11-20(18)31-21)12-24(35)36-22(14-30-32-28)25-26(27)29-16-33(25)15-17-8-4-3-5-9-17/h3-11,16,22-23,31,34H,12-15H2,1-2H3/t22?,23-/m0/s1. The monoisotopic (exact) mass is 484 g/mol. The molecule has 0 aliphatic carbocycles. The number of esters is 1. The molecule has 1 unspecified atom stereocenters. The summed E-state index contributed by atoms with van der Waals surface area (Å²) in [7, 11) is 0. The number of ether oxygens (including phenoxy) is 1.